The first-order chi connectivity index (χ1) is 7.89. The van der Waals surface area contributed by atoms with Crippen molar-refractivity contribution >= 4 is 40.9 Å². The summed E-state index contributed by atoms with van der Waals surface area (Å²) in [5, 5.41) is 3.94. The van der Waals surface area contributed by atoms with Crippen molar-refractivity contribution in [2.24, 2.45) is 5.73 Å². The summed E-state index contributed by atoms with van der Waals surface area (Å²) in [5.41, 5.74) is 4.60. The van der Waals surface area contributed by atoms with Crippen LogP contribution in [0.1, 0.15) is 6.92 Å². The topological polar surface area (TPSA) is 55.1 Å². The predicted molar refractivity (Wildman–Crippen MR) is 73.8 cm³/mol. The van der Waals surface area contributed by atoms with E-state index in [2.05, 4.69) is 5.32 Å². The van der Waals surface area contributed by atoms with Gasteiger partial charge < -0.3 is 11.1 Å². The first-order valence-corrected chi connectivity index (χ1v) is 6.70. The first kappa shape index (κ1) is 14.6. The number of thioether (sulfide) groups is 1. The Morgan fingerprint density at radius 2 is 2.12 bits per heavy atom. The van der Waals surface area contributed by atoms with E-state index in [1.807, 2.05) is 6.07 Å². The van der Waals surface area contributed by atoms with Gasteiger partial charge in [-0.25, -0.2) is 0 Å². The van der Waals surface area contributed by atoms with E-state index in [0.717, 1.165) is 4.90 Å². The normalized spacial score (nSPS) is 14.4. The molecule has 1 aromatic rings. The molecule has 1 atom stereocenters. The highest BCUT2D eigenvalue weighted by Crippen LogP contribution is 2.29. The number of hydrogen-bond donors (Lipinski definition) is 2. The van der Waals surface area contributed by atoms with E-state index in [9.17, 15) is 4.79 Å². The lowest BCUT2D eigenvalue weighted by Gasteiger charge is -2.24. The van der Waals surface area contributed by atoms with Crippen LogP contribution in [0.25, 0.3) is 0 Å². The van der Waals surface area contributed by atoms with Gasteiger partial charge in [0.15, 0.2) is 0 Å². The van der Waals surface area contributed by atoms with Gasteiger partial charge in [-0.05, 0) is 32.2 Å². The molecule has 0 spiro atoms. The van der Waals surface area contributed by atoms with Crippen LogP contribution in [0.2, 0.25) is 10.0 Å². The van der Waals surface area contributed by atoms with E-state index >= 15 is 0 Å². The molecule has 94 valence electrons. The SMILES string of the molecule is CNC(C)(CSc1ccc(Cl)c(Cl)c1)C(N)=O. The lowest BCUT2D eigenvalue weighted by molar-refractivity contribution is -0.122. The average molecular weight is 293 g/mol. The van der Waals surface area contributed by atoms with Crippen molar-refractivity contribution in [1.29, 1.82) is 0 Å². The Bertz CT molecular complexity index is 428. The van der Waals surface area contributed by atoms with Crippen LogP contribution in [0.15, 0.2) is 23.1 Å². The van der Waals surface area contributed by atoms with E-state index < -0.39 is 5.54 Å². The largest absolute Gasteiger partial charge is 0.368 e. The predicted octanol–water partition coefficient (Wildman–Crippen LogP) is 2.55. The third-order valence-corrected chi connectivity index (χ3v) is 4.56. The maximum atomic E-state index is 11.3. The van der Waals surface area contributed by atoms with Gasteiger partial charge >= 0.3 is 0 Å². The maximum Gasteiger partial charge on any atom is 0.238 e. The molecule has 1 aromatic carbocycles. The molecule has 3 nitrogen and oxygen atoms in total. The van der Waals surface area contributed by atoms with Gasteiger partial charge in [0.25, 0.3) is 0 Å². The van der Waals surface area contributed by atoms with Crippen molar-refractivity contribution in [2.75, 3.05) is 12.8 Å². The second-order valence-electron chi connectivity index (χ2n) is 3.81. The zero-order chi connectivity index (χ0) is 13.1. The maximum absolute atomic E-state index is 11.3. The molecule has 1 unspecified atom stereocenters. The molecule has 0 bridgehead atoms. The van der Waals surface area contributed by atoms with Crippen LogP contribution >= 0.6 is 35.0 Å². The van der Waals surface area contributed by atoms with Gasteiger partial charge in [-0.3, -0.25) is 4.79 Å². The Morgan fingerprint density at radius 1 is 1.47 bits per heavy atom. The van der Waals surface area contributed by atoms with Crippen molar-refractivity contribution < 1.29 is 4.79 Å². The summed E-state index contributed by atoms with van der Waals surface area (Å²) in [6.45, 7) is 1.76. The number of hydrogen-bond acceptors (Lipinski definition) is 3. The number of amides is 1. The minimum absolute atomic E-state index is 0.382. The number of likely N-dealkylation sites (N-methyl/N-ethyl adjacent to an activating group) is 1. The monoisotopic (exact) mass is 292 g/mol. The quantitative estimate of drug-likeness (QED) is 0.820. The molecule has 1 amide bonds. The van der Waals surface area contributed by atoms with Crippen LogP contribution in [-0.2, 0) is 4.79 Å². The van der Waals surface area contributed by atoms with E-state index in [1.54, 1.807) is 26.1 Å². The number of primary amides is 1. The molecule has 0 aromatic heterocycles. The Hall–Kier alpha value is -0.420. The number of carbonyl (C=O) groups is 1. The van der Waals surface area contributed by atoms with E-state index in [4.69, 9.17) is 28.9 Å². The van der Waals surface area contributed by atoms with Crippen molar-refractivity contribution in [3.05, 3.63) is 28.2 Å². The van der Waals surface area contributed by atoms with Crippen LogP contribution in [0, 0.1) is 0 Å². The fourth-order valence-corrected chi connectivity index (χ4v) is 2.53. The molecule has 0 aliphatic carbocycles. The number of nitrogens with two attached hydrogens (primary N) is 1. The zero-order valence-corrected chi connectivity index (χ0v) is 11.9. The van der Waals surface area contributed by atoms with Gasteiger partial charge in [-0.15, -0.1) is 11.8 Å². The Morgan fingerprint density at radius 3 is 2.59 bits per heavy atom. The van der Waals surface area contributed by atoms with Crippen molar-refractivity contribution in [3.63, 3.8) is 0 Å². The lowest BCUT2D eigenvalue weighted by Crippen LogP contribution is -2.53. The zero-order valence-electron chi connectivity index (χ0n) is 9.59. The minimum atomic E-state index is -0.739. The summed E-state index contributed by atoms with van der Waals surface area (Å²) in [6.07, 6.45) is 0. The van der Waals surface area contributed by atoms with Crippen LogP contribution in [0.3, 0.4) is 0 Å². The van der Waals surface area contributed by atoms with Gasteiger partial charge in [-0.2, -0.15) is 0 Å². The number of nitrogens with one attached hydrogen (secondary N) is 1. The summed E-state index contributed by atoms with van der Waals surface area (Å²) >= 11 is 13.2. The number of carbonyl (C=O) groups excluding carboxylic acids is 1. The van der Waals surface area contributed by atoms with E-state index in [1.165, 1.54) is 11.8 Å². The molecule has 1 rings (SSSR count). The van der Waals surface area contributed by atoms with Gasteiger partial charge in [-0.1, -0.05) is 23.2 Å². The third kappa shape index (κ3) is 3.78. The van der Waals surface area contributed by atoms with Gasteiger partial charge in [0.2, 0.25) is 5.91 Å². The molecule has 0 heterocycles. The molecule has 0 saturated carbocycles. The number of halogens is 2. The Kier molecular flexibility index (Phi) is 5.13. The Labute approximate surface area is 115 Å². The summed E-state index contributed by atoms with van der Waals surface area (Å²) in [6, 6.07) is 5.36. The highest BCUT2D eigenvalue weighted by molar-refractivity contribution is 7.99. The number of rotatable bonds is 5. The van der Waals surface area contributed by atoms with Crippen molar-refractivity contribution in [2.45, 2.75) is 17.4 Å². The molecule has 0 radical (unpaired) electrons. The number of benzene rings is 1. The summed E-state index contributed by atoms with van der Waals surface area (Å²) in [5.74, 6) is 0.143. The molecule has 17 heavy (non-hydrogen) atoms. The molecule has 0 aliphatic heterocycles. The molecule has 0 aliphatic rings. The van der Waals surface area contributed by atoms with Crippen molar-refractivity contribution in [3.8, 4) is 0 Å². The smallest absolute Gasteiger partial charge is 0.238 e. The summed E-state index contributed by atoms with van der Waals surface area (Å²) in [7, 11) is 1.71. The molecule has 3 N–H and O–H groups in total. The molecule has 0 fully saturated rings. The van der Waals surface area contributed by atoms with Gasteiger partial charge in [0.1, 0.15) is 5.54 Å². The van der Waals surface area contributed by atoms with Gasteiger partial charge in [0, 0.05) is 10.6 Å². The van der Waals surface area contributed by atoms with Crippen LogP contribution < -0.4 is 11.1 Å². The van der Waals surface area contributed by atoms with E-state index in [0.29, 0.717) is 15.8 Å². The fourth-order valence-electron chi connectivity index (χ4n) is 1.06. The Balaban J connectivity index is 2.73. The third-order valence-electron chi connectivity index (χ3n) is 2.51. The van der Waals surface area contributed by atoms with E-state index in [-0.39, 0.29) is 5.91 Å². The second-order valence-corrected chi connectivity index (χ2v) is 5.67. The lowest BCUT2D eigenvalue weighted by atomic mass is 10.1. The van der Waals surface area contributed by atoms with Crippen LogP contribution in [0.4, 0.5) is 0 Å². The van der Waals surface area contributed by atoms with Crippen molar-refractivity contribution in [1.82, 2.24) is 5.32 Å². The summed E-state index contributed by atoms with van der Waals surface area (Å²) in [4.78, 5) is 12.2. The molecule has 6 heteroatoms. The van der Waals surface area contributed by atoms with Crippen LogP contribution in [-0.4, -0.2) is 24.2 Å². The average Bonchev–Trinajstić information content (AvgIpc) is 2.30. The van der Waals surface area contributed by atoms with Crippen LogP contribution in [0.5, 0.6) is 0 Å². The fraction of sp³-hybridized carbons (Fsp3) is 0.364. The minimum Gasteiger partial charge on any atom is -0.368 e. The highest BCUT2D eigenvalue weighted by atomic mass is 35.5. The standard InChI is InChI=1S/C11H14Cl2N2OS/c1-11(15-2,10(14)16)6-17-7-3-4-8(12)9(13)5-7/h3-5,15H,6H2,1-2H3,(H2,14,16). The highest BCUT2D eigenvalue weighted by Gasteiger charge is 2.28. The first-order valence-electron chi connectivity index (χ1n) is 4.96. The van der Waals surface area contributed by atoms with Gasteiger partial charge in [0.05, 0.1) is 10.0 Å². The molecular weight excluding hydrogens is 279 g/mol. The molecular formula is C11H14Cl2N2OS. The second kappa shape index (κ2) is 5.96. The molecule has 0 saturated heterocycles. The summed E-state index contributed by atoms with van der Waals surface area (Å²) < 4.78 is 0.